The fourth-order valence-electron chi connectivity index (χ4n) is 5.88. The Labute approximate surface area is 271 Å². The summed E-state index contributed by atoms with van der Waals surface area (Å²) in [5, 5.41) is 5.62. The summed E-state index contributed by atoms with van der Waals surface area (Å²) in [7, 11) is 0. The predicted octanol–water partition coefficient (Wildman–Crippen LogP) is 6.76. The molecule has 6 rings (SSSR count). The van der Waals surface area contributed by atoms with Crippen molar-refractivity contribution in [2.75, 3.05) is 26.2 Å². The first-order chi connectivity index (χ1) is 21.7. The molecule has 1 fully saturated rings. The molecule has 0 aliphatic carbocycles. The van der Waals surface area contributed by atoms with Crippen molar-refractivity contribution in [2.24, 2.45) is 0 Å². The number of hydrogen-bond donors (Lipinski definition) is 1. The molecule has 0 spiro atoms. The highest BCUT2D eigenvalue weighted by atomic mass is 32.1. The van der Waals surface area contributed by atoms with Gasteiger partial charge in [-0.2, -0.15) is 0 Å². The number of fused-ring (bicyclic) bond motifs is 2. The normalized spacial score (nSPS) is 15.1. The van der Waals surface area contributed by atoms with Crippen LogP contribution in [0.1, 0.15) is 67.8 Å². The molecule has 46 heavy (non-hydrogen) atoms. The van der Waals surface area contributed by atoms with Crippen molar-refractivity contribution in [1.29, 1.82) is 0 Å². The standard InChI is InChI=1S/C35H38N4O6S/c1-34(2,3)44-32(42)38-15-13-37(14-16-38)31(41)21-9-12-26-22(18-21)19-27(39(26)33(43)45-35(4,5)6)24-11-10-23(28-8-7-17-46-28)25-20-36-30(40)29(24)25/h7-12,17-19H,13-16,20H2,1-6H3,(H,36,40). The number of rotatable bonds is 3. The summed E-state index contributed by atoms with van der Waals surface area (Å²) >= 11 is 1.60. The Hall–Kier alpha value is -4.64. The second kappa shape index (κ2) is 11.6. The third kappa shape index (κ3) is 6.11. The average Bonchev–Trinajstić information content (AvgIpc) is 3.74. The molecule has 2 aliphatic rings. The van der Waals surface area contributed by atoms with Crippen LogP contribution in [0.2, 0.25) is 0 Å². The lowest BCUT2D eigenvalue weighted by Crippen LogP contribution is -2.51. The van der Waals surface area contributed by atoms with E-state index in [0.29, 0.717) is 66.0 Å². The van der Waals surface area contributed by atoms with Gasteiger partial charge in [-0.05, 0) is 88.4 Å². The summed E-state index contributed by atoms with van der Waals surface area (Å²) in [5.74, 6) is -0.372. The Morgan fingerprint density at radius 2 is 1.46 bits per heavy atom. The monoisotopic (exact) mass is 642 g/mol. The Balaban J connectivity index is 1.36. The average molecular weight is 643 g/mol. The molecule has 4 aromatic rings. The van der Waals surface area contributed by atoms with E-state index >= 15 is 0 Å². The van der Waals surface area contributed by atoms with E-state index in [1.165, 1.54) is 4.57 Å². The highest BCUT2D eigenvalue weighted by Gasteiger charge is 2.32. The zero-order valence-electron chi connectivity index (χ0n) is 26.9. The minimum Gasteiger partial charge on any atom is -0.444 e. The molecule has 1 N–H and O–H groups in total. The molecule has 2 aromatic heterocycles. The number of aromatic nitrogens is 1. The van der Waals surface area contributed by atoms with Crippen molar-refractivity contribution >= 4 is 46.2 Å². The third-order valence-corrected chi connectivity index (χ3v) is 8.77. The molecule has 0 saturated carbocycles. The number of benzene rings is 2. The Kier molecular flexibility index (Phi) is 7.92. The molecule has 10 nitrogen and oxygen atoms in total. The number of amides is 3. The minimum atomic E-state index is -0.759. The SMILES string of the molecule is CC(C)(C)OC(=O)N1CCN(C(=O)c2ccc3c(c2)cc(-c2ccc(-c4cccs4)c4c2C(=O)NC4)n3C(=O)OC(C)(C)C)CC1. The maximum absolute atomic E-state index is 13.7. The fraction of sp³-hybridized carbons (Fsp3) is 0.371. The van der Waals surface area contributed by atoms with Crippen LogP contribution in [0.3, 0.4) is 0 Å². The first-order valence-electron chi connectivity index (χ1n) is 15.3. The molecule has 2 aliphatic heterocycles. The number of nitrogens with one attached hydrogen (secondary N) is 1. The van der Waals surface area contributed by atoms with Gasteiger partial charge in [0.25, 0.3) is 11.8 Å². The van der Waals surface area contributed by atoms with Crippen LogP contribution < -0.4 is 5.32 Å². The van der Waals surface area contributed by atoms with E-state index in [9.17, 15) is 19.2 Å². The van der Waals surface area contributed by atoms with Crippen molar-refractivity contribution in [1.82, 2.24) is 19.7 Å². The molecule has 0 atom stereocenters. The second-order valence-electron chi connectivity index (χ2n) is 13.6. The quantitative estimate of drug-likeness (QED) is 0.265. The van der Waals surface area contributed by atoms with Gasteiger partial charge in [0, 0.05) is 54.1 Å². The highest BCUT2D eigenvalue weighted by Crippen LogP contribution is 2.40. The molecular weight excluding hydrogens is 604 g/mol. The molecule has 0 radical (unpaired) electrons. The Morgan fingerprint density at radius 3 is 2.11 bits per heavy atom. The van der Waals surface area contributed by atoms with Gasteiger partial charge in [0.15, 0.2) is 0 Å². The van der Waals surface area contributed by atoms with Gasteiger partial charge >= 0.3 is 12.2 Å². The minimum absolute atomic E-state index is 0.169. The lowest BCUT2D eigenvalue weighted by molar-refractivity contribution is 0.0140. The maximum atomic E-state index is 13.7. The van der Waals surface area contributed by atoms with Gasteiger partial charge in [-0.1, -0.05) is 18.2 Å². The van der Waals surface area contributed by atoms with E-state index in [1.54, 1.807) is 60.1 Å². The van der Waals surface area contributed by atoms with Crippen molar-refractivity contribution in [3.8, 4) is 21.7 Å². The van der Waals surface area contributed by atoms with Crippen LogP contribution in [-0.2, 0) is 16.0 Å². The summed E-state index contributed by atoms with van der Waals surface area (Å²) in [6.45, 7) is 12.8. The van der Waals surface area contributed by atoms with E-state index in [2.05, 4.69) is 5.32 Å². The van der Waals surface area contributed by atoms with Gasteiger partial charge < -0.3 is 24.6 Å². The van der Waals surface area contributed by atoms with E-state index in [4.69, 9.17) is 9.47 Å². The Morgan fingerprint density at radius 1 is 0.804 bits per heavy atom. The summed E-state index contributed by atoms with van der Waals surface area (Å²) < 4.78 is 12.8. The van der Waals surface area contributed by atoms with Gasteiger partial charge in [0.05, 0.1) is 16.8 Å². The summed E-state index contributed by atoms with van der Waals surface area (Å²) in [6, 6.07) is 14.9. The highest BCUT2D eigenvalue weighted by molar-refractivity contribution is 7.13. The van der Waals surface area contributed by atoms with E-state index in [0.717, 1.165) is 16.0 Å². The van der Waals surface area contributed by atoms with E-state index in [1.807, 2.05) is 56.5 Å². The van der Waals surface area contributed by atoms with Crippen LogP contribution in [0.4, 0.5) is 9.59 Å². The van der Waals surface area contributed by atoms with Gasteiger partial charge in [-0.3, -0.25) is 9.59 Å². The zero-order chi connectivity index (χ0) is 33.0. The molecule has 4 heterocycles. The number of hydrogen-bond acceptors (Lipinski definition) is 7. The van der Waals surface area contributed by atoms with E-state index in [-0.39, 0.29) is 17.9 Å². The third-order valence-electron chi connectivity index (χ3n) is 7.87. The molecular formula is C35H38N4O6S. The fourth-order valence-corrected chi connectivity index (χ4v) is 6.66. The van der Waals surface area contributed by atoms with Crippen molar-refractivity contribution in [2.45, 2.75) is 59.3 Å². The topological polar surface area (TPSA) is 110 Å². The molecule has 2 aromatic carbocycles. The molecule has 1 saturated heterocycles. The van der Waals surface area contributed by atoms with Crippen LogP contribution in [0, 0.1) is 0 Å². The second-order valence-corrected chi connectivity index (χ2v) is 14.5. The van der Waals surface area contributed by atoms with Gasteiger partial charge in [-0.25, -0.2) is 14.2 Å². The summed E-state index contributed by atoms with van der Waals surface area (Å²) in [6.07, 6.45) is -0.968. The number of thiophene rings is 1. The number of ether oxygens (including phenoxy) is 2. The summed E-state index contributed by atoms with van der Waals surface area (Å²) in [4.78, 5) is 57.5. The van der Waals surface area contributed by atoms with Gasteiger partial charge in [0.1, 0.15) is 11.2 Å². The van der Waals surface area contributed by atoms with Crippen LogP contribution in [-0.4, -0.2) is 75.7 Å². The van der Waals surface area contributed by atoms with Crippen LogP contribution >= 0.6 is 11.3 Å². The molecule has 3 amide bonds. The zero-order valence-corrected chi connectivity index (χ0v) is 27.7. The van der Waals surface area contributed by atoms with Crippen molar-refractivity contribution in [3.05, 3.63) is 70.6 Å². The van der Waals surface area contributed by atoms with Crippen LogP contribution in [0.25, 0.3) is 32.6 Å². The van der Waals surface area contributed by atoms with Crippen LogP contribution in [0.5, 0.6) is 0 Å². The largest absolute Gasteiger partial charge is 0.444 e. The molecule has 11 heteroatoms. The number of nitrogens with zero attached hydrogens (tertiary/aromatic N) is 3. The smallest absolute Gasteiger partial charge is 0.419 e. The van der Waals surface area contributed by atoms with Gasteiger partial charge in [0.2, 0.25) is 0 Å². The first kappa shape index (κ1) is 31.3. The first-order valence-corrected chi connectivity index (χ1v) is 16.2. The number of carbonyl (C=O) groups excluding carboxylic acids is 4. The molecule has 240 valence electrons. The lowest BCUT2D eigenvalue weighted by atomic mass is 9.95. The number of piperazine rings is 1. The summed E-state index contributed by atoms with van der Waals surface area (Å²) in [5.41, 5.74) is 3.17. The van der Waals surface area contributed by atoms with Crippen molar-refractivity contribution in [3.63, 3.8) is 0 Å². The molecule has 0 unspecified atom stereocenters. The van der Waals surface area contributed by atoms with Crippen molar-refractivity contribution < 1.29 is 28.7 Å². The van der Waals surface area contributed by atoms with E-state index < -0.39 is 17.3 Å². The number of carbonyl (C=O) groups is 4. The predicted molar refractivity (Wildman–Crippen MR) is 177 cm³/mol. The molecule has 0 bridgehead atoms. The Bertz CT molecular complexity index is 1850. The maximum Gasteiger partial charge on any atom is 0.419 e. The van der Waals surface area contributed by atoms with Gasteiger partial charge in [-0.15, -0.1) is 11.3 Å². The lowest BCUT2D eigenvalue weighted by Gasteiger charge is -2.35. The van der Waals surface area contributed by atoms with Crippen LogP contribution in [0.15, 0.2) is 53.9 Å².